The third kappa shape index (κ3) is 5.70. The molecule has 0 saturated carbocycles. The van der Waals surface area contributed by atoms with Crippen molar-refractivity contribution in [3.63, 3.8) is 0 Å². The van der Waals surface area contributed by atoms with Gasteiger partial charge in [-0.2, -0.15) is 8.42 Å². The molecule has 0 heterocycles. The van der Waals surface area contributed by atoms with Crippen molar-refractivity contribution in [2.75, 3.05) is 11.1 Å². The van der Waals surface area contributed by atoms with Gasteiger partial charge < -0.3 is 5.32 Å². The molecule has 0 fully saturated rings. The van der Waals surface area contributed by atoms with Crippen LogP contribution in [0, 0.1) is 0 Å². The van der Waals surface area contributed by atoms with Gasteiger partial charge in [0, 0.05) is 27.1 Å². The summed E-state index contributed by atoms with van der Waals surface area (Å²) in [5.41, 5.74) is -0.267. The molecule has 1 rings (SSSR count). The Morgan fingerprint density at radius 2 is 1.50 bits per heavy atom. The standard InChI is InChI=1S/C8H7Cl2NO8S3/c9-21(16,17)6-2-1-5(3-7(6)22(10,18)19)11-8(12)4-20(13,14)15/h1-3H,4H2,(H,11,12)(H,13,14,15). The van der Waals surface area contributed by atoms with E-state index in [-0.39, 0.29) is 5.69 Å². The Kier molecular flexibility index (Phi) is 5.47. The molecule has 124 valence electrons. The third-order valence-corrected chi connectivity index (χ3v) is 5.56. The SMILES string of the molecule is O=C(CS(=O)(=O)O)Nc1ccc(S(=O)(=O)Cl)c(S(=O)(=O)Cl)c1. The number of carbonyl (C=O) groups excluding carboxylic acids is 1. The molecule has 2 N–H and O–H groups in total. The van der Waals surface area contributed by atoms with Crippen LogP contribution < -0.4 is 5.32 Å². The van der Waals surface area contributed by atoms with Crippen LogP contribution in [0.2, 0.25) is 0 Å². The van der Waals surface area contributed by atoms with E-state index in [0.29, 0.717) is 6.07 Å². The number of carbonyl (C=O) groups is 1. The highest BCUT2D eigenvalue weighted by Crippen LogP contribution is 2.29. The number of nitrogens with one attached hydrogen (secondary N) is 1. The molecule has 0 radical (unpaired) electrons. The molecule has 9 nitrogen and oxygen atoms in total. The van der Waals surface area contributed by atoms with Gasteiger partial charge in [0.1, 0.15) is 9.79 Å². The van der Waals surface area contributed by atoms with Crippen molar-refractivity contribution in [2.45, 2.75) is 9.79 Å². The fourth-order valence-corrected chi connectivity index (χ4v) is 4.57. The summed E-state index contributed by atoms with van der Waals surface area (Å²) in [5, 5.41) is 1.95. The van der Waals surface area contributed by atoms with Crippen LogP contribution in [0.3, 0.4) is 0 Å². The zero-order valence-electron chi connectivity index (χ0n) is 10.2. The fraction of sp³-hybridized carbons (Fsp3) is 0.125. The lowest BCUT2D eigenvalue weighted by Gasteiger charge is -2.08. The summed E-state index contributed by atoms with van der Waals surface area (Å²) < 4.78 is 74.8. The molecule has 14 heteroatoms. The zero-order chi connectivity index (χ0) is 17.3. The molecule has 0 aliphatic carbocycles. The number of rotatable bonds is 5. The summed E-state index contributed by atoms with van der Waals surface area (Å²) in [4.78, 5) is 9.59. The molecule has 0 bridgehead atoms. The Balaban J connectivity index is 3.31. The Bertz CT molecular complexity index is 920. The van der Waals surface area contributed by atoms with E-state index in [1.807, 2.05) is 5.32 Å². The van der Waals surface area contributed by atoms with E-state index >= 15 is 0 Å². The molecule has 0 atom stereocenters. The largest absolute Gasteiger partial charge is 0.325 e. The summed E-state index contributed by atoms with van der Waals surface area (Å²) in [6.45, 7) is 0. The number of hydrogen-bond acceptors (Lipinski definition) is 7. The normalized spacial score (nSPS) is 12.9. The van der Waals surface area contributed by atoms with Crippen molar-refractivity contribution in [3.8, 4) is 0 Å². The Morgan fingerprint density at radius 3 is 1.91 bits per heavy atom. The minimum Gasteiger partial charge on any atom is -0.325 e. The molecule has 0 aliphatic heterocycles. The highest BCUT2D eigenvalue weighted by molar-refractivity contribution is 8.16. The third-order valence-electron chi connectivity index (χ3n) is 2.07. The van der Waals surface area contributed by atoms with Gasteiger partial charge in [-0.3, -0.25) is 9.35 Å². The number of hydrogen-bond donors (Lipinski definition) is 2. The minimum absolute atomic E-state index is 0.267. The van der Waals surface area contributed by atoms with E-state index < -0.39 is 49.7 Å². The Labute approximate surface area is 134 Å². The smallest absolute Gasteiger partial charge is 0.274 e. The number of halogens is 2. The van der Waals surface area contributed by atoms with Crippen molar-refractivity contribution >= 4 is 61.2 Å². The molecule has 0 aliphatic rings. The monoisotopic (exact) mass is 411 g/mol. The van der Waals surface area contributed by atoms with Crippen LogP contribution in [0.4, 0.5) is 5.69 Å². The van der Waals surface area contributed by atoms with Gasteiger partial charge in [0.05, 0.1) is 0 Å². The fourth-order valence-electron chi connectivity index (χ4n) is 1.34. The number of anilines is 1. The topological polar surface area (TPSA) is 152 Å². The van der Waals surface area contributed by atoms with Crippen LogP contribution >= 0.6 is 21.4 Å². The quantitative estimate of drug-likeness (QED) is 0.520. The first kappa shape index (κ1) is 19.1. The van der Waals surface area contributed by atoms with E-state index in [1.54, 1.807) is 0 Å². The maximum absolute atomic E-state index is 11.4. The van der Waals surface area contributed by atoms with E-state index in [0.717, 1.165) is 12.1 Å². The first-order valence-electron chi connectivity index (χ1n) is 4.98. The summed E-state index contributed by atoms with van der Waals surface area (Å²) in [7, 11) is -3.39. The number of amides is 1. The summed E-state index contributed by atoms with van der Waals surface area (Å²) in [6.07, 6.45) is 0. The predicted molar refractivity (Wildman–Crippen MR) is 77.6 cm³/mol. The molecule has 22 heavy (non-hydrogen) atoms. The van der Waals surface area contributed by atoms with Gasteiger partial charge in [0.25, 0.3) is 28.2 Å². The van der Waals surface area contributed by atoms with Gasteiger partial charge >= 0.3 is 0 Å². The molecule has 1 aromatic carbocycles. The molecular formula is C8H7Cl2NO8S3. The lowest BCUT2D eigenvalue weighted by Crippen LogP contribution is -2.22. The summed E-state index contributed by atoms with van der Waals surface area (Å²) >= 11 is 0. The highest BCUT2D eigenvalue weighted by atomic mass is 35.7. The second-order valence-electron chi connectivity index (χ2n) is 3.81. The summed E-state index contributed by atoms with van der Waals surface area (Å²) in [5.74, 6) is -2.45. The Morgan fingerprint density at radius 1 is 1.00 bits per heavy atom. The first-order chi connectivity index (χ1) is 9.70. The summed E-state index contributed by atoms with van der Waals surface area (Å²) in [6, 6.07) is 2.41. The average Bonchev–Trinajstić information content (AvgIpc) is 2.23. The van der Waals surface area contributed by atoms with Crippen LogP contribution in [-0.4, -0.2) is 41.5 Å². The first-order valence-corrected chi connectivity index (χ1v) is 11.2. The van der Waals surface area contributed by atoms with Crippen LogP contribution in [0.25, 0.3) is 0 Å². The molecule has 0 aromatic heterocycles. The van der Waals surface area contributed by atoms with Gasteiger partial charge in [-0.1, -0.05) is 0 Å². The van der Waals surface area contributed by atoms with E-state index in [1.165, 1.54) is 0 Å². The maximum atomic E-state index is 11.4. The van der Waals surface area contributed by atoms with Crippen molar-refractivity contribution in [2.24, 2.45) is 0 Å². The van der Waals surface area contributed by atoms with Gasteiger partial charge in [-0.25, -0.2) is 16.8 Å². The van der Waals surface area contributed by atoms with Gasteiger partial charge in [-0.05, 0) is 18.2 Å². The van der Waals surface area contributed by atoms with E-state index in [4.69, 9.17) is 25.9 Å². The van der Waals surface area contributed by atoms with Gasteiger partial charge in [0.2, 0.25) is 5.91 Å². The molecule has 0 saturated heterocycles. The second-order valence-corrected chi connectivity index (χ2v) is 10.3. The zero-order valence-corrected chi connectivity index (χ0v) is 14.2. The average molecular weight is 412 g/mol. The van der Waals surface area contributed by atoms with Crippen molar-refractivity contribution in [1.29, 1.82) is 0 Å². The van der Waals surface area contributed by atoms with E-state index in [2.05, 4.69) is 0 Å². The van der Waals surface area contributed by atoms with Gasteiger partial charge in [0.15, 0.2) is 5.75 Å². The van der Waals surface area contributed by atoms with Crippen molar-refractivity contribution in [1.82, 2.24) is 0 Å². The number of benzene rings is 1. The van der Waals surface area contributed by atoms with Crippen molar-refractivity contribution < 1.29 is 34.6 Å². The van der Waals surface area contributed by atoms with E-state index in [9.17, 15) is 30.0 Å². The molecule has 0 unspecified atom stereocenters. The lowest BCUT2D eigenvalue weighted by molar-refractivity contribution is -0.113. The highest BCUT2D eigenvalue weighted by Gasteiger charge is 2.25. The van der Waals surface area contributed by atoms with Crippen LogP contribution in [-0.2, 0) is 33.0 Å². The van der Waals surface area contributed by atoms with Crippen molar-refractivity contribution in [3.05, 3.63) is 18.2 Å². The Hall–Kier alpha value is -0.920. The van der Waals surface area contributed by atoms with Gasteiger partial charge in [-0.15, -0.1) is 0 Å². The van der Waals surface area contributed by atoms with Crippen LogP contribution in [0.5, 0.6) is 0 Å². The van der Waals surface area contributed by atoms with Crippen LogP contribution in [0.1, 0.15) is 0 Å². The minimum atomic E-state index is -4.59. The molecule has 1 aromatic rings. The maximum Gasteiger partial charge on any atom is 0.274 e. The molecular weight excluding hydrogens is 405 g/mol. The second kappa shape index (κ2) is 6.29. The predicted octanol–water partition coefficient (Wildman–Crippen LogP) is 0.368. The molecule has 0 spiro atoms. The lowest BCUT2D eigenvalue weighted by atomic mass is 10.3. The van der Waals surface area contributed by atoms with Crippen LogP contribution in [0.15, 0.2) is 28.0 Å². The molecule has 1 amide bonds.